The lowest BCUT2D eigenvalue weighted by Crippen LogP contribution is -2.30. The Bertz CT molecular complexity index is 5570. The van der Waals surface area contributed by atoms with Crippen molar-refractivity contribution < 1.29 is 19.1 Å². The topological polar surface area (TPSA) is 174 Å². The normalized spacial score (nSPS) is 14.7. The molecule has 0 fully saturated rings. The van der Waals surface area contributed by atoms with Gasteiger partial charge in [-0.3, -0.25) is 19.6 Å². The first-order chi connectivity index (χ1) is 61.8. The summed E-state index contributed by atoms with van der Waals surface area (Å²) in [5, 5.41) is 42.3. The Kier molecular flexibility index (Phi) is 29.7. The second-order valence-electron chi connectivity index (χ2n) is 34.9. The van der Waals surface area contributed by atoms with Gasteiger partial charge in [-0.2, -0.15) is 21.0 Å². The third-order valence-electron chi connectivity index (χ3n) is 26.7. The summed E-state index contributed by atoms with van der Waals surface area (Å²) in [4.78, 5) is 46.2. The molecule has 0 spiro atoms. The molecular weight excluding hydrogens is 1620 g/mol. The number of aryl methyl sites for hydroxylation is 4. The van der Waals surface area contributed by atoms with Crippen LogP contribution in [0.2, 0.25) is 0 Å². The number of hydrogen-bond acceptors (Lipinski definition) is 14. The molecule has 6 heterocycles. The molecule has 15 rings (SSSR count). The predicted octanol–water partition coefficient (Wildman–Crippen LogP) is 30.6. The van der Waals surface area contributed by atoms with E-state index >= 15 is 0 Å². The largest absolute Gasteiger partial charge is 0.492 e. The van der Waals surface area contributed by atoms with E-state index in [4.69, 9.17) is 9.47 Å². The standard InChI is InChI=1S/C112H116N6O4S4/c1-9-17-23-27-33-75-37-45-81(46-38-75)111(82-47-39-76(40-48-82)34-28-24-18-10-2)95-61-90-96(62-89(95)107-97(111)63-101(125-107)109-99(121-71-73(15-7)31-21-13-5)59-85(123-109)57-91-103(79(65-113)66-114)87-53-55-117-69-93(87)105(91)119)112(83-49-41-77(42-50-83)35-29-25-19-11-3,84-51-43-78(44-52-84)36-30-26-20-12-4)98-64-102(126-108(90)98)110-100(122-72-74(16-8)32-22-14-6)60-86(124-110)58-92-104(80(67-115)68-116)88-54-56-118-70-94(88)106(92)120/h37-64,69-70,73-74H,9-36,71-72H2,1-8H3/b91-57-,92-58-. The molecular formula is C112H116N6O4S4. The van der Waals surface area contributed by atoms with Gasteiger partial charge in [-0.05, 0) is 226 Å². The number of pyridine rings is 2. The zero-order valence-corrected chi connectivity index (χ0v) is 77.9. The van der Waals surface area contributed by atoms with E-state index in [9.17, 15) is 30.6 Å². The van der Waals surface area contributed by atoms with Crippen LogP contribution in [-0.4, -0.2) is 34.7 Å². The third-order valence-corrected chi connectivity index (χ3v) is 31.5. The average molecular weight is 1740 g/mol. The Morgan fingerprint density at radius 1 is 0.365 bits per heavy atom. The highest BCUT2D eigenvalue weighted by Gasteiger charge is 2.54. The maximum absolute atomic E-state index is 14.8. The number of fused-ring (bicyclic) bond motifs is 8. The molecule has 0 N–H and O–H groups in total. The molecule has 4 aliphatic carbocycles. The molecule has 6 aromatic heterocycles. The van der Waals surface area contributed by atoms with E-state index in [-0.39, 0.29) is 33.9 Å². The van der Waals surface area contributed by atoms with E-state index in [1.807, 2.05) is 34.8 Å². The monoisotopic (exact) mass is 1740 g/mol. The first kappa shape index (κ1) is 89.9. The van der Waals surface area contributed by atoms with Crippen molar-refractivity contribution in [2.75, 3.05) is 13.2 Å². The minimum absolute atomic E-state index is 0.127. The van der Waals surface area contributed by atoms with Crippen LogP contribution in [0.1, 0.15) is 318 Å². The number of carbonyl (C=O) groups is 2. The molecule has 0 saturated heterocycles. The van der Waals surface area contributed by atoms with Gasteiger partial charge in [0.05, 0.1) is 33.8 Å². The van der Waals surface area contributed by atoms with Gasteiger partial charge in [-0.25, -0.2) is 0 Å². The number of hydrogen-bond donors (Lipinski definition) is 0. The predicted molar refractivity (Wildman–Crippen MR) is 522 cm³/mol. The number of nitrogens with zero attached hydrogens (tertiary/aromatic N) is 6. The van der Waals surface area contributed by atoms with Crippen molar-refractivity contribution in [2.24, 2.45) is 11.8 Å². The maximum Gasteiger partial charge on any atom is 0.195 e. The van der Waals surface area contributed by atoms with Crippen LogP contribution in [0.4, 0.5) is 0 Å². The quantitative estimate of drug-likeness (QED) is 0.0203. The number of thiophene rings is 4. The van der Waals surface area contributed by atoms with Crippen LogP contribution in [0.3, 0.4) is 0 Å². The molecule has 126 heavy (non-hydrogen) atoms. The molecule has 0 bridgehead atoms. The van der Waals surface area contributed by atoms with Crippen molar-refractivity contribution in [1.29, 1.82) is 21.0 Å². The molecule has 0 aliphatic heterocycles. The number of nitriles is 4. The third kappa shape index (κ3) is 18.0. The number of benzene rings is 5. The molecule has 5 aromatic carbocycles. The highest BCUT2D eigenvalue weighted by atomic mass is 32.1. The van der Waals surface area contributed by atoms with Crippen LogP contribution >= 0.6 is 45.3 Å². The smallest absolute Gasteiger partial charge is 0.195 e. The number of unbranched alkanes of at least 4 members (excludes halogenated alkanes) is 14. The van der Waals surface area contributed by atoms with E-state index in [1.165, 1.54) is 165 Å². The first-order valence-electron chi connectivity index (χ1n) is 46.7. The summed E-state index contributed by atoms with van der Waals surface area (Å²) in [6, 6.07) is 65.1. The summed E-state index contributed by atoms with van der Waals surface area (Å²) >= 11 is 6.80. The number of rotatable bonds is 42. The Labute approximate surface area is 763 Å². The minimum atomic E-state index is -0.889. The second kappa shape index (κ2) is 41.7. The van der Waals surface area contributed by atoms with E-state index < -0.39 is 10.8 Å². The van der Waals surface area contributed by atoms with Gasteiger partial charge in [0.1, 0.15) is 46.9 Å². The number of carbonyl (C=O) groups excluding carboxylic acids is 2. The fourth-order valence-electron chi connectivity index (χ4n) is 19.6. The van der Waals surface area contributed by atoms with E-state index in [1.54, 1.807) is 59.6 Å². The molecule has 0 saturated carbocycles. The van der Waals surface area contributed by atoms with Crippen LogP contribution in [0, 0.1) is 57.2 Å². The lowest BCUT2D eigenvalue weighted by atomic mass is 9.65. The molecule has 642 valence electrons. The Hall–Kier alpha value is -10.9. The minimum Gasteiger partial charge on any atom is -0.492 e. The van der Waals surface area contributed by atoms with Gasteiger partial charge < -0.3 is 9.47 Å². The zero-order chi connectivity index (χ0) is 87.9. The van der Waals surface area contributed by atoms with Gasteiger partial charge in [0, 0.05) is 87.5 Å². The van der Waals surface area contributed by atoms with E-state index in [0.29, 0.717) is 58.4 Å². The zero-order valence-electron chi connectivity index (χ0n) is 74.6. The van der Waals surface area contributed by atoms with Gasteiger partial charge in [0.25, 0.3) is 0 Å². The van der Waals surface area contributed by atoms with Crippen LogP contribution in [-0.2, 0) is 36.5 Å². The summed E-state index contributed by atoms with van der Waals surface area (Å²) < 4.78 is 14.6. The van der Waals surface area contributed by atoms with Crippen molar-refractivity contribution in [3.63, 3.8) is 0 Å². The van der Waals surface area contributed by atoms with Crippen molar-refractivity contribution in [3.8, 4) is 76.2 Å². The van der Waals surface area contributed by atoms with Crippen molar-refractivity contribution in [2.45, 2.75) is 246 Å². The highest BCUT2D eigenvalue weighted by molar-refractivity contribution is 7.25. The fraction of sp³-hybridized carbons (Fsp3) is 0.375. The number of allylic oxidation sites excluding steroid dienone is 6. The molecule has 0 radical (unpaired) electrons. The van der Waals surface area contributed by atoms with Crippen molar-refractivity contribution in [1.82, 2.24) is 9.97 Å². The Morgan fingerprint density at radius 3 is 0.992 bits per heavy atom. The second-order valence-corrected chi connectivity index (χ2v) is 39.2. The van der Waals surface area contributed by atoms with Crippen molar-refractivity contribution >= 4 is 80.2 Å². The summed E-state index contributed by atoms with van der Waals surface area (Å²) in [5.74, 6) is 1.51. The molecule has 2 unspecified atom stereocenters. The van der Waals surface area contributed by atoms with Crippen LogP contribution in [0.5, 0.6) is 11.5 Å². The highest BCUT2D eigenvalue weighted by Crippen LogP contribution is 2.67. The van der Waals surface area contributed by atoms with Crippen LogP contribution < -0.4 is 9.47 Å². The van der Waals surface area contributed by atoms with Crippen LogP contribution in [0.25, 0.3) is 63.7 Å². The van der Waals surface area contributed by atoms with Gasteiger partial charge in [-0.1, -0.05) is 268 Å². The molecule has 14 heteroatoms. The number of ether oxygens (including phenoxy) is 2. The van der Waals surface area contributed by atoms with E-state index in [2.05, 4.69) is 223 Å². The molecule has 0 amide bonds. The van der Waals surface area contributed by atoms with Gasteiger partial charge in [-0.15, -0.1) is 45.3 Å². The molecule has 10 nitrogen and oxygen atoms in total. The lowest BCUT2D eigenvalue weighted by molar-refractivity contribution is 0.103. The Morgan fingerprint density at radius 2 is 0.690 bits per heavy atom. The summed E-state index contributed by atoms with van der Waals surface area (Å²) in [6.07, 6.45) is 40.9. The molecule has 11 aromatic rings. The van der Waals surface area contributed by atoms with E-state index in [0.717, 1.165) is 143 Å². The van der Waals surface area contributed by atoms with Crippen molar-refractivity contribution in [3.05, 3.63) is 291 Å². The summed E-state index contributed by atoms with van der Waals surface area (Å²) in [5.41, 5.74) is 18.0. The van der Waals surface area contributed by atoms with Gasteiger partial charge in [0.15, 0.2) is 11.6 Å². The number of aromatic nitrogens is 2. The van der Waals surface area contributed by atoms with Gasteiger partial charge in [0.2, 0.25) is 0 Å². The average Bonchev–Trinajstić information content (AvgIpc) is 1.50. The SMILES string of the molecule is CCCCCCc1ccc(C2(c3ccc(CCCCCC)cc3)c3cc4c(cc3-c3sc(-c5sc(/C=C6\C(=O)c7cnccc7C6=C(C#N)C#N)cc5OCC(CC)CCCC)cc32)C(c2ccc(CCCCCC)cc2)(c2ccc(CCCCCC)cc2)c2cc(-c3sc(/C=C5\C(=O)c6cnccc6C5=C(C#N)C#N)cc3OCC(CC)CCCC)sc2-4)cc1. The fourth-order valence-corrected chi connectivity index (χ4v) is 24.4. The summed E-state index contributed by atoms with van der Waals surface area (Å²) in [6.45, 7) is 19.1. The van der Waals surface area contributed by atoms with Crippen LogP contribution in [0.15, 0.2) is 193 Å². The first-order valence-corrected chi connectivity index (χ1v) is 50.0. The maximum atomic E-state index is 14.8. The molecule has 2 atom stereocenters. The lowest BCUT2D eigenvalue weighted by Gasteiger charge is -2.35. The summed E-state index contributed by atoms with van der Waals surface area (Å²) in [7, 11) is 0. The Balaban J connectivity index is 1.02. The number of ketones is 2. The number of Topliss-reactive ketones (excluding diaryl/α,β-unsaturated/α-hetero) is 2. The molecule has 4 aliphatic rings. The van der Waals surface area contributed by atoms with Gasteiger partial charge >= 0.3 is 0 Å².